The molecular weight excluding hydrogens is 338 g/mol. The number of aromatic hydroxyl groups is 1. The average molecular weight is 359 g/mol. The van der Waals surface area contributed by atoms with Crippen LogP contribution in [0.4, 0.5) is 0 Å². The molecule has 26 heavy (non-hydrogen) atoms. The summed E-state index contributed by atoms with van der Waals surface area (Å²) in [5, 5.41) is 9.85. The molecule has 7 nitrogen and oxygen atoms in total. The number of nitrogens with zero attached hydrogens (tertiary/aromatic N) is 1. The number of ether oxygens (including phenoxy) is 3. The summed E-state index contributed by atoms with van der Waals surface area (Å²) < 4.78 is 15.0. The number of carbonyl (C=O) groups excluding carboxylic acids is 2. The number of phenols is 1. The van der Waals surface area contributed by atoms with E-state index in [2.05, 4.69) is 0 Å². The van der Waals surface area contributed by atoms with Crippen LogP contribution in [0.15, 0.2) is 41.7 Å². The first kappa shape index (κ1) is 17.8. The predicted molar refractivity (Wildman–Crippen MR) is 92.5 cm³/mol. The molecule has 1 fully saturated rings. The lowest BCUT2D eigenvalue weighted by Gasteiger charge is -2.30. The highest BCUT2D eigenvalue weighted by atomic mass is 16.5. The smallest absolute Gasteiger partial charge is 0.336 e. The molecule has 0 unspecified atom stereocenters. The van der Waals surface area contributed by atoms with Crippen molar-refractivity contribution in [2.75, 3.05) is 21.3 Å². The third-order valence-corrected chi connectivity index (χ3v) is 4.55. The van der Waals surface area contributed by atoms with Gasteiger partial charge in [-0.05, 0) is 30.5 Å². The van der Waals surface area contributed by atoms with Crippen LogP contribution >= 0.6 is 0 Å². The summed E-state index contributed by atoms with van der Waals surface area (Å²) in [6.07, 6.45) is 5.43. The van der Waals surface area contributed by atoms with Gasteiger partial charge in [-0.3, -0.25) is 0 Å². The van der Waals surface area contributed by atoms with Crippen molar-refractivity contribution in [1.82, 2.24) is 4.90 Å². The zero-order chi connectivity index (χ0) is 18.8. The van der Waals surface area contributed by atoms with E-state index in [-0.39, 0.29) is 17.5 Å². The van der Waals surface area contributed by atoms with E-state index in [1.807, 2.05) is 4.90 Å². The van der Waals surface area contributed by atoms with Crippen LogP contribution in [-0.2, 0) is 19.1 Å². The number of esters is 2. The van der Waals surface area contributed by atoms with Crippen molar-refractivity contribution in [2.24, 2.45) is 0 Å². The summed E-state index contributed by atoms with van der Waals surface area (Å²) in [5.41, 5.74) is 1.27. The Morgan fingerprint density at radius 2 is 1.62 bits per heavy atom. The Hall–Kier alpha value is -2.96. The van der Waals surface area contributed by atoms with Gasteiger partial charge in [-0.25, -0.2) is 9.59 Å². The van der Waals surface area contributed by atoms with E-state index in [9.17, 15) is 14.7 Å². The van der Waals surface area contributed by atoms with Crippen LogP contribution in [0.5, 0.6) is 11.5 Å². The second-order valence-corrected chi connectivity index (χ2v) is 6.19. The van der Waals surface area contributed by atoms with Gasteiger partial charge in [-0.1, -0.05) is 6.07 Å². The quantitative estimate of drug-likeness (QED) is 0.806. The Morgan fingerprint density at radius 1 is 1.04 bits per heavy atom. The molecule has 0 aromatic heterocycles. The number of hydrogen-bond donors (Lipinski definition) is 1. The standard InChI is InChI=1S/C19H21NO6/c1-24-16-8-11(4-7-15(16)21)17-13(18(22)25-2)9-20(12-5-6-12)10-14(17)19(23)26-3/h4,7-10,12,17,21H,5-6H2,1-3H3. The molecule has 138 valence electrons. The fourth-order valence-electron chi connectivity index (χ4n) is 3.07. The van der Waals surface area contributed by atoms with Crippen LogP contribution in [0.1, 0.15) is 24.3 Å². The highest BCUT2D eigenvalue weighted by molar-refractivity contribution is 5.98. The summed E-state index contributed by atoms with van der Waals surface area (Å²) in [5.74, 6) is -1.51. The van der Waals surface area contributed by atoms with Gasteiger partial charge in [0.25, 0.3) is 0 Å². The van der Waals surface area contributed by atoms with Crippen LogP contribution in [0.25, 0.3) is 0 Å². The fourth-order valence-corrected chi connectivity index (χ4v) is 3.07. The molecule has 7 heteroatoms. The maximum absolute atomic E-state index is 12.4. The van der Waals surface area contributed by atoms with Crippen molar-refractivity contribution >= 4 is 11.9 Å². The van der Waals surface area contributed by atoms with Crippen molar-refractivity contribution in [3.63, 3.8) is 0 Å². The van der Waals surface area contributed by atoms with Gasteiger partial charge in [0.15, 0.2) is 11.5 Å². The molecule has 1 saturated carbocycles. The molecule has 0 atom stereocenters. The van der Waals surface area contributed by atoms with Gasteiger partial charge in [0.2, 0.25) is 0 Å². The Morgan fingerprint density at radius 3 is 2.08 bits per heavy atom. The SMILES string of the molecule is COC(=O)C1=CN(C2CC2)C=C(C(=O)OC)C1c1ccc(O)c(OC)c1. The Kier molecular flexibility index (Phi) is 4.88. The van der Waals surface area contributed by atoms with E-state index >= 15 is 0 Å². The highest BCUT2D eigenvalue weighted by Crippen LogP contribution is 2.42. The average Bonchev–Trinajstić information content (AvgIpc) is 3.51. The first-order chi connectivity index (χ1) is 12.5. The number of hydrogen-bond acceptors (Lipinski definition) is 7. The van der Waals surface area contributed by atoms with Gasteiger partial charge in [0.05, 0.1) is 38.4 Å². The van der Waals surface area contributed by atoms with Gasteiger partial charge in [-0.15, -0.1) is 0 Å². The number of benzene rings is 1. The monoisotopic (exact) mass is 359 g/mol. The topological polar surface area (TPSA) is 85.3 Å². The lowest BCUT2D eigenvalue weighted by molar-refractivity contribution is -0.137. The molecule has 0 amide bonds. The first-order valence-corrected chi connectivity index (χ1v) is 8.24. The first-order valence-electron chi connectivity index (χ1n) is 8.24. The van der Waals surface area contributed by atoms with Crippen molar-refractivity contribution < 1.29 is 28.9 Å². The number of phenolic OH excluding ortho intramolecular Hbond substituents is 1. The molecular formula is C19H21NO6. The molecule has 1 aromatic rings. The summed E-state index contributed by atoms with van der Waals surface area (Å²) in [4.78, 5) is 26.7. The molecule has 1 aliphatic carbocycles. The number of methoxy groups -OCH3 is 3. The molecule has 0 saturated heterocycles. The Balaban J connectivity index is 2.12. The van der Waals surface area contributed by atoms with Crippen molar-refractivity contribution in [3.05, 3.63) is 47.3 Å². The molecule has 1 heterocycles. The van der Waals surface area contributed by atoms with E-state index in [0.29, 0.717) is 16.7 Å². The molecule has 1 N–H and O–H groups in total. The van der Waals surface area contributed by atoms with E-state index in [1.165, 1.54) is 27.4 Å². The fraction of sp³-hybridized carbons (Fsp3) is 0.368. The van der Waals surface area contributed by atoms with Crippen LogP contribution in [-0.4, -0.2) is 49.3 Å². The third-order valence-electron chi connectivity index (χ3n) is 4.55. The van der Waals surface area contributed by atoms with Gasteiger partial charge >= 0.3 is 11.9 Å². The van der Waals surface area contributed by atoms with E-state index < -0.39 is 17.9 Å². The van der Waals surface area contributed by atoms with Crippen LogP contribution in [0.3, 0.4) is 0 Å². The van der Waals surface area contributed by atoms with E-state index in [1.54, 1.807) is 24.5 Å². The van der Waals surface area contributed by atoms with Crippen LogP contribution in [0, 0.1) is 0 Å². The zero-order valence-corrected chi connectivity index (χ0v) is 14.9. The summed E-state index contributed by atoms with van der Waals surface area (Å²) in [6.45, 7) is 0. The second kappa shape index (κ2) is 7.11. The summed E-state index contributed by atoms with van der Waals surface area (Å²) in [6, 6.07) is 4.97. The lowest BCUT2D eigenvalue weighted by Crippen LogP contribution is -2.29. The highest BCUT2D eigenvalue weighted by Gasteiger charge is 2.38. The van der Waals surface area contributed by atoms with Crippen LogP contribution < -0.4 is 4.74 Å². The lowest BCUT2D eigenvalue weighted by atomic mass is 9.83. The minimum Gasteiger partial charge on any atom is -0.504 e. The number of carbonyl (C=O) groups is 2. The third kappa shape index (κ3) is 3.24. The Labute approximate surface area is 151 Å². The second-order valence-electron chi connectivity index (χ2n) is 6.19. The van der Waals surface area contributed by atoms with Crippen LogP contribution in [0.2, 0.25) is 0 Å². The van der Waals surface area contributed by atoms with Crippen molar-refractivity contribution in [3.8, 4) is 11.5 Å². The molecule has 1 aromatic carbocycles. The maximum atomic E-state index is 12.4. The van der Waals surface area contributed by atoms with Gasteiger partial charge < -0.3 is 24.2 Å². The van der Waals surface area contributed by atoms with Gasteiger partial charge in [-0.2, -0.15) is 0 Å². The van der Waals surface area contributed by atoms with Crippen molar-refractivity contribution in [2.45, 2.75) is 24.8 Å². The van der Waals surface area contributed by atoms with Gasteiger partial charge in [0, 0.05) is 18.4 Å². The molecule has 3 rings (SSSR count). The summed E-state index contributed by atoms with van der Waals surface area (Å²) in [7, 11) is 4.03. The zero-order valence-electron chi connectivity index (χ0n) is 14.9. The minimum atomic E-state index is -0.681. The number of rotatable bonds is 5. The van der Waals surface area contributed by atoms with Crippen molar-refractivity contribution in [1.29, 1.82) is 0 Å². The van der Waals surface area contributed by atoms with E-state index in [4.69, 9.17) is 14.2 Å². The molecule has 1 aliphatic heterocycles. The minimum absolute atomic E-state index is 0.0288. The molecule has 2 aliphatic rings. The summed E-state index contributed by atoms with van der Waals surface area (Å²) >= 11 is 0. The normalized spacial score (nSPS) is 17.3. The molecule has 0 radical (unpaired) electrons. The maximum Gasteiger partial charge on any atom is 0.336 e. The van der Waals surface area contributed by atoms with E-state index in [0.717, 1.165) is 12.8 Å². The largest absolute Gasteiger partial charge is 0.504 e. The Bertz CT molecular complexity index is 759. The molecule has 0 bridgehead atoms. The molecule has 0 spiro atoms. The predicted octanol–water partition coefficient (Wildman–Crippen LogP) is 2.08. The van der Waals surface area contributed by atoms with Gasteiger partial charge in [0.1, 0.15) is 0 Å².